The van der Waals surface area contributed by atoms with Gasteiger partial charge in [-0.05, 0) is 44.2 Å². The van der Waals surface area contributed by atoms with Gasteiger partial charge in [0.05, 0.1) is 23.1 Å². The summed E-state index contributed by atoms with van der Waals surface area (Å²) in [5.41, 5.74) is -1.00. The van der Waals surface area contributed by atoms with Gasteiger partial charge in [0.15, 0.2) is 5.75 Å². The van der Waals surface area contributed by atoms with E-state index in [0.717, 1.165) is 49.6 Å². The van der Waals surface area contributed by atoms with E-state index >= 15 is 0 Å². The fraction of sp³-hybridized carbons (Fsp3) is 0.438. The number of rotatable bonds is 9. The molecule has 0 aliphatic carbocycles. The molecule has 0 atom stereocenters. The highest BCUT2D eigenvalue weighted by Crippen LogP contribution is 2.41. The van der Waals surface area contributed by atoms with Crippen LogP contribution in [0.25, 0.3) is 11.0 Å². The highest BCUT2D eigenvalue weighted by Gasteiger charge is 2.37. The van der Waals surface area contributed by atoms with Crippen LogP contribution in [0.3, 0.4) is 0 Å². The molecule has 2 fully saturated rings. The summed E-state index contributed by atoms with van der Waals surface area (Å²) in [7, 11) is -0.666. The van der Waals surface area contributed by atoms with Crippen molar-refractivity contribution in [1.29, 1.82) is 0 Å². The number of likely N-dealkylation sites (N-methyl/N-ethyl adjacent to an activating group) is 1. The van der Waals surface area contributed by atoms with Crippen molar-refractivity contribution < 1.29 is 39.5 Å². The molecule has 2 N–H and O–H groups in total. The van der Waals surface area contributed by atoms with Crippen LogP contribution in [0.4, 0.5) is 60.9 Å². The van der Waals surface area contributed by atoms with Crippen LogP contribution in [0, 0.1) is 0 Å². The highest BCUT2D eigenvalue weighted by atomic mass is 32.2. The zero-order chi connectivity index (χ0) is 37.4. The van der Waals surface area contributed by atoms with Gasteiger partial charge in [0.1, 0.15) is 22.6 Å². The number of fused-ring (bicyclic) bond motifs is 1. The topological polar surface area (TPSA) is 132 Å². The molecule has 4 heterocycles. The van der Waals surface area contributed by atoms with Gasteiger partial charge in [-0.3, -0.25) is 19.2 Å². The summed E-state index contributed by atoms with van der Waals surface area (Å²) in [6, 6.07) is 7.24. The van der Waals surface area contributed by atoms with Gasteiger partial charge in [-0.15, -0.1) is 13.2 Å². The van der Waals surface area contributed by atoms with Crippen LogP contribution < -0.4 is 24.6 Å². The summed E-state index contributed by atoms with van der Waals surface area (Å²) in [6.45, 7) is 5.11. The first-order valence-electron chi connectivity index (χ1n) is 16.2. The van der Waals surface area contributed by atoms with E-state index in [2.05, 4.69) is 52.2 Å². The SMILES string of the molecule is CN1CCN(C2CCN(c3ccc(Nc4ncc(C(F)(F)F)c(Nc5ccc6nccnc6c5N(C)S(C)(=O)=O)n4)c(OC(F)(F)F)c3)CC2)CC1. The van der Waals surface area contributed by atoms with Crippen LogP contribution in [-0.2, 0) is 16.2 Å². The summed E-state index contributed by atoms with van der Waals surface area (Å²) in [5, 5.41) is 5.11. The summed E-state index contributed by atoms with van der Waals surface area (Å²) in [5.74, 6) is -1.94. The maximum absolute atomic E-state index is 14.2. The van der Waals surface area contributed by atoms with Gasteiger partial charge in [0.25, 0.3) is 0 Å². The van der Waals surface area contributed by atoms with Crippen molar-refractivity contribution in [2.24, 2.45) is 0 Å². The van der Waals surface area contributed by atoms with Crippen LogP contribution in [0.1, 0.15) is 18.4 Å². The van der Waals surface area contributed by atoms with Crippen LogP contribution >= 0.6 is 0 Å². The molecule has 0 unspecified atom stereocenters. The molecule has 0 amide bonds. The quantitative estimate of drug-likeness (QED) is 0.211. The number of ether oxygens (including phenoxy) is 1. The van der Waals surface area contributed by atoms with Crippen molar-refractivity contribution >= 4 is 55.6 Å². The lowest BCUT2D eigenvalue weighted by Gasteiger charge is -2.42. The van der Waals surface area contributed by atoms with E-state index in [4.69, 9.17) is 0 Å². The van der Waals surface area contributed by atoms with Crippen LogP contribution in [0.2, 0.25) is 0 Å². The first-order valence-corrected chi connectivity index (χ1v) is 18.0. The summed E-state index contributed by atoms with van der Waals surface area (Å²) < 4.78 is 114. The van der Waals surface area contributed by atoms with Crippen molar-refractivity contribution in [2.75, 3.05) is 79.5 Å². The molecule has 6 rings (SSSR count). The van der Waals surface area contributed by atoms with E-state index in [0.29, 0.717) is 31.0 Å². The zero-order valence-electron chi connectivity index (χ0n) is 28.3. The van der Waals surface area contributed by atoms with E-state index in [1.807, 2.05) is 4.90 Å². The third-order valence-corrected chi connectivity index (χ3v) is 10.3. The van der Waals surface area contributed by atoms with Crippen LogP contribution in [0.15, 0.2) is 48.9 Å². The number of piperidine rings is 1. The largest absolute Gasteiger partial charge is 0.573 e. The van der Waals surface area contributed by atoms with Crippen molar-refractivity contribution in [3.05, 3.63) is 54.5 Å². The fourth-order valence-electron chi connectivity index (χ4n) is 6.30. The zero-order valence-corrected chi connectivity index (χ0v) is 29.1. The van der Waals surface area contributed by atoms with E-state index in [9.17, 15) is 34.8 Å². The van der Waals surface area contributed by atoms with Gasteiger partial charge in [0, 0.05) is 82.7 Å². The van der Waals surface area contributed by atoms with Gasteiger partial charge in [-0.25, -0.2) is 13.4 Å². The Bertz CT molecular complexity index is 2020. The maximum Gasteiger partial charge on any atom is 0.573 e. The molecule has 2 saturated heterocycles. The standard InChI is InChI=1S/C32H36F6N10O3S/c1-45-14-16-48(17-15-45)20-8-12-47(13-9-20)21-4-5-23(26(18-21)51-32(36,37)38)43-30-41-19-22(31(33,34)35)29(44-30)42-25-7-6-24-27(40-11-10-39-24)28(25)46(2)52(3,49)50/h4-7,10-11,18-20H,8-9,12-17H2,1-3H3,(H2,41,42,43,44). The molecule has 2 aromatic heterocycles. The molecule has 20 heteroatoms. The van der Waals surface area contributed by atoms with Crippen LogP contribution in [0.5, 0.6) is 5.75 Å². The molecule has 13 nitrogen and oxygen atoms in total. The first-order chi connectivity index (χ1) is 24.5. The number of hydrogen-bond donors (Lipinski definition) is 2. The Morgan fingerprint density at radius 2 is 1.56 bits per heavy atom. The van der Waals surface area contributed by atoms with Gasteiger partial charge in [-0.1, -0.05) is 0 Å². The Morgan fingerprint density at radius 1 is 0.885 bits per heavy atom. The molecule has 52 heavy (non-hydrogen) atoms. The number of aromatic nitrogens is 4. The predicted octanol–water partition coefficient (Wildman–Crippen LogP) is 5.44. The Morgan fingerprint density at radius 3 is 2.21 bits per heavy atom. The minimum atomic E-state index is -5.09. The Labute approximate surface area is 295 Å². The molecule has 0 bridgehead atoms. The monoisotopic (exact) mass is 754 g/mol. The number of nitrogens with zero attached hydrogens (tertiary/aromatic N) is 8. The number of halogens is 6. The Kier molecular flexibility index (Phi) is 10.3. The Hall–Kier alpha value is -4.69. The van der Waals surface area contributed by atoms with Crippen LogP contribution in [-0.4, -0.2) is 110 Å². The smallest absolute Gasteiger partial charge is 0.403 e. The molecule has 0 spiro atoms. The minimum Gasteiger partial charge on any atom is -0.403 e. The van der Waals surface area contributed by atoms with Gasteiger partial charge < -0.3 is 25.2 Å². The van der Waals surface area contributed by atoms with Gasteiger partial charge in [-0.2, -0.15) is 18.2 Å². The lowest BCUT2D eigenvalue weighted by Crippen LogP contribution is -2.52. The number of alkyl halides is 6. The maximum atomic E-state index is 14.2. The molecular formula is C32H36F6N10O3S. The molecule has 0 radical (unpaired) electrons. The van der Waals surface area contributed by atoms with Crippen molar-refractivity contribution in [3.8, 4) is 5.75 Å². The molecular weight excluding hydrogens is 718 g/mol. The number of hydrogen-bond acceptors (Lipinski definition) is 12. The van der Waals surface area contributed by atoms with Crippen molar-refractivity contribution in [3.63, 3.8) is 0 Å². The second kappa shape index (κ2) is 14.4. The summed E-state index contributed by atoms with van der Waals surface area (Å²) in [6.07, 6.45) is -4.38. The van der Waals surface area contributed by atoms with Crippen molar-refractivity contribution in [2.45, 2.75) is 31.4 Å². The van der Waals surface area contributed by atoms with Crippen molar-refractivity contribution in [1.82, 2.24) is 29.7 Å². The fourth-order valence-corrected chi connectivity index (χ4v) is 6.81. The minimum absolute atomic E-state index is 0.0685. The van der Waals surface area contributed by atoms with Gasteiger partial charge in [0.2, 0.25) is 16.0 Å². The molecule has 2 aliphatic rings. The lowest BCUT2D eigenvalue weighted by atomic mass is 10.0. The number of piperazine rings is 1. The van der Waals surface area contributed by atoms with E-state index < -0.39 is 45.6 Å². The van der Waals surface area contributed by atoms with E-state index in [1.54, 1.807) is 6.07 Å². The molecule has 2 aliphatic heterocycles. The second-order valence-electron chi connectivity index (χ2n) is 12.6. The third-order valence-electron chi connectivity index (χ3n) is 9.09. The summed E-state index contributed by atoms with van der Waals surface area (Å²) in [4.78, 5) is 22.7. The Balaban J connectivity index is 1.30. The highest BCUT2D eigenvalue weighted by molar-refractivity contribution is 7.92. The van der Waals surface area contributed by atoms with E-state index in [1.165, 1.54) is 43.7 Å². The number of nitrogens with one attached hydrogen (secondary N) is 2. The third kappa shape index (κ3) is 8.50. The molecule has 0 saturated carbocycles. The van der Waals surface area contributed by atoms with Gasteiger partial charge >= 0.3 is 12.5 Å². The number of benzene rings is 2. The molecule has 2 aromatic carbocycles. The number of sulfonamides is 1. The first kappa shape index (κ1) is 37.1. The number of anilines is 6. The molecule has 4 aromatic rings. The second-order valence-corrected chi connectivity index (χ2v) is 14.6. The van der Waals surface area contributed by atoms with E-state index in [-0.39, 0.29) is 28.1 Å². The average molecular weight is 755 g/mol. The average Bonchev–Trinajstić information content (AvgIpc) is 3.07. The predicted molar refractivity (Wildman–Crippen MR) is 184 cm³/mol. The lowest BCUT2D eigenvalue weighted by molar-refractivity contribution is -0.274. The summed E-state index contributed by atoms with van der Waals surface area (Å²) >= 11 is 0. The molecule has 280 valence electrons. The normalized spacial score (nSPS) is 17.0.